The maximum absolute atomic E-state index is 12.3. The molecule has 2 rings (SSSR count). The summed E-state index contributed by atoms with van der Waals surface area (Å²) in [4.78, 5) is 24.2. The smallest absolute Gasteiger partial charge is 0.193 e. The molecule has 0 amide bonds. The van der Waals surface area contributed by atoms with E-state index in [0.29, 0.717) is 22.9 Å². The summed E-state index contributed by atoms with van der Waals surface area (Å²) in [7, 11) is 0. The van der Waals surface area contributed by atoms with Gasteiger partial charge in [0, 0.05) is 28.8 Å². The molecule has 2 nitrogen and oxygen atoms in total. The molecule has 0 saturated carbocycles. The van der Waals surface area contributed by atoms with Gasteiger partial charge in [-0.3, -0.25) is 9.59 Å². The number of hydrogen-bond donors (Lipinski definition) is 0. The molecule has 0 aliphatic rings. The maximum Gasteiger partial charge on any atom is 0.193 e. The second kappa shape index (κ2) is 7.32. The van der Waals surface area contributed by atoms with E-state index in [0.717, 1.165) is 5.56 Å². The summed E-state index contributed by atoms with van der Waals surface area (Å²) in [5.74, 6) is 0.0685. The van der Waals surface area contributed by atoms with Gasteiger partial charge in [0.1, 0.15) is 5.78 Å². The van der Waals surface area contributed by atoms with Crippen molar-refractivity contribution in [3.63, 3.8) is 0 Å². The van der Waals surface area contributed by atoms with Crippen molar-refractivity contribution in [3.05, 3.63) is 71.3 Å². The van der Waals surface area contributed by atoms with Crippen molar-refractivity contribution in [2.75, 3.05) is 5.33 Å². The Morgan fingerprint density at radius 1 is 0.952 bits per heavy atom. The van der Waals surface area contributed by atoms with E-state index in [4.69, 9.17) is 0 Å². The van der Waals surface area contributed by atoms with Crippen LogP contribution in [-0.4, -0.2) is 16.9 Å². The molecule has 0 bridgehead atoms. The van der Waals surface area contributed by atoms with Crippen LogP contribution < -0.4 is 0 Å². The average molecular weight is 345 g/mol. The fourth-order valence-corrected chi connectivity index (χ4v) is 2.57. The van der Waals surface area contributed by atoms with Crippen molar-refractivity contribution in [1.29, 1.82) is 0 Å². The van der Waals surface area contributed by atoms with Crippen molar-refractivity contribution in [1.82, 2.24) is 0 Å². The number of carbonyl (C=O) groups is 2. The number of rotatable bonds is 6. The van der Waals surface area contributed by atoms with Gasteiger partial charge >= 0.3 is 0 Å². The lowest BCUT2D eigenvalue weighted by molar-refractivity contribution is -0.119. The predicted octanol–water partition coefficient (Wildman–Crippen LogP) is 4.38. The highest BCUT2D eigenvalue weighted by molar-refractivity contribution is 9.09. The summed E-state index contributed by atoms with van der Waals surface area (Å²) >= 11 is 3.28. The second-order valence-electron chi connectivity index (χ2n) is 4.94. The Hall–Kier alpha value is -1.74. The highest BCUT2D eigenvalue weighted by atomic mass is 79.9. The Morgan fingerprint density at radius 3 is 2.10 bits per heavy atom. The Morgan fingerprint density at radius 2 is 1.52 bits per heavy atom. The van der Waals surface area contributed by atoms with Crippen LogP contribution in [0.15, 0.2) is 54.6 Å². The molecule has 0 aromatic heterocycles. The molecular formula is C18H17BrO2. The quantitative estimate of drug-likeness (QED) is 0.575. The van der Waals surface area contributed by atoms with E-state index in [1.165, 1.54) is 0 Å². The topological polar surface area (TPSA) is 34.1 Å². The van der Waals surface area contributed by atoms with Crippen LogP contribution in [0.3, 0.4) is 0 Å². The number of alkyl halides is 1. The molecule has 1 atom stereocenters. The van der Waals surface area contributed by atoms with E-state index in [1.54, 1.807) is 24.3 Å². The van der Waals surface area contributed by atoms with Crippen LogP contribution in [0, 0.1) is 0 Å². The van der Waals surface area contributed by atoms with Gasteiger partial charge in [0.2, 0.25) is 0 Å². The molecule has 2 aromatic rings. The molecule has 0 aliphatic carbocycles. The third-order valence-corrected chi connectivity index (χ3v) is 3.93. The monoisotopic (exact) mass is 344 g/mol. The van der Waals surface area contributed by atoms with Crippen LogP contribution in [-0.2, 0) is 4.79 Å². The largest absolute Gasteiger partial charge is 0.299 e. The molecule has 0 aliphatic heterocycles. The number of hydrogen-bond acceptors (Lipinski definition) is 2. The molecule has 0 spiro atoms. The minimum atomic E-state index is -0.136. The highest BCUT2D eigenvalue weighted by Gasteiger charge is 2.15. The third-order valence-electron chi connectivity index (χ3n) is 3.53. The summed E-state index contributed by atoms with van der Waals surface area (Å²) in [5, 5.41) is 0.681. The zero-order valence-corrected chi connectivity index (χ0v) is 13.5. The Labute approximate surface area is 133 Å². The van der Waals surface area contributed by atoms with Gasteiger partial charge in [-0.2, -0.15) is 0 Å². The molecule has 0 N–H and O–H groups in total. The fraction of sp³-hybridized carbons (Fsp3) is 0.222. The van der Waals surface area contributed by atoms with E-state index < -0.39 is 0 Å². The number of benzene rings is 2. The van der Waals surface area contributed by atoms with Crippen LogP contribution in [0.4, 0.5) is 0 Å². The molecule has 21 heavy (non-hydrogen) atoms. The zero-order chi connectivity index (χ0) is 15.2. The van der Waals surface area contributed by atoms with Gasteiger partial charge in [0.15, 0.2) is 5.78 Å². The van der Waals surface area contributed by atoms with Gasteiger partial charge in [-0.25, -0.2) is 0 Å². The number of ketones is 2. The van der Waals surface area contributed by atoms with Gasteiger partial charge in [-0.1, -0.05) is 77.5 Å². The normalized spacial score (nSPS) is 11.9. The van der Waals surface area contributed by atoms with Gasteiger partial charge < -0.3 is 0 Å². The minimum Gasteiger partial charge on any atom is -0.299 e. The lowest BCUT2D eigenvalue weighted by atomic mass is 9.93. The van der Waals surface area contributed by atoms with Gasteiger partial charge in [0.25, 0.3) is 0 Å². The summed E-state index contributed by atoms with van der Waals surface area (Å²) in [6.07, 6.45) is 0.520. The molecule has 1 unspecified atom stereocenters. The van der Waals surface area contributed by atoms with Crippen molar-refractivity contribution in [3.8, 4) is 0 Å². The van der Waals surface area contributed by atoms with E-state index >= 15 is 0 Å². The second-order valence-corrected chi connectivity index (χ2v) is 5.74. The molecule has 0 fully saturated rings. The fourth-order valence-electron chi connectivity index (χ4n) is 2.17. The van der Waals surface area contributed by atoms with Crippen molar-refractivity contribution in [2.24, 2.45) is 0 Å². The zero-order valence-electron chi connectivity index (χ0n) is 11.9. The molecule has 3 heteroatoms. The molecule has 0 radical (unpaired) electrons. The standard InChI is InChI=1S/C18H17BrO2/c1-13(17(20)11-12-19)14-7-9-16(10-8-14)18(21)15-5-3-2-4-6-15/h2-10,13H,11-12H2,1H3. The Kier molecular flexibility index (Phi) is 5.45. The van der Waals surface area contributed by atoms with Crippen LogP contribution in [0.5, 0.6) is 0 Å². The molecule has 108 valence electrons. The van der Waals surface area contributed by atoms with E-state index in [9.17, 15) is 9.59 Å². The van der Waals surface area contributed by atoms with Gasteiger partial charge in [-0.15, -0.1) is 0 Å². The van der Waals surface area contributed by atoms with E-state index in [1.807, 2.05) is 37.3 Å². The highest BCUT2D eigenvalue weighted by Crippen LogP contribution is 2.20. The number of carbonyl (C=O) groups excluding carboxylic acids is 2. The van der Waals surface area contributed by atoms with E-state index in [2.05, 4.69) is 15.9 Å². The third kappa shape index (κ3) is 3.88. The predicted molar refractivity (Wildman–Crippen MR) is 88.1 cm³/mol. The van der Waals surface area contributed by atoms with Crippen LogP contribution in [0.2, 0.25) is 0 Å². The van der Waals surface area contributed by atoms with Gasteiger partial charge in [-0.05, 0) is 5.56 Å². The summed E-state index contributed by atoms with van der Waals surface area (Å²) < 4.78 is 0. The average Bonchev–Trinajstić information content (AvgIpc) is 2.54. The molecular weight excluding hydrogens is 328 g/mol. The first-order chi connectivity index (χ1) is 10.1. The van der Waals surface area contributed by atoms with Crippen molar-refractivity contribution in [2.45, 2.75) is 19.3 Å². The summed E-state index contributed by atoms with van der Waals surface area (Å²) in [6, 6.07) is 16.5. The maximum atomic E-state index is 12.3. The number of Topliss-reactive ketones (excluding diaryl/α,β-unsaturated/α-hetero) is 1. The van der Waals surface area contributed by atoms with Gasteiger partial charge in [0.05, 0.1) is 0 Å². The first-order valence-electron chi connectivity index (χ1n) is 6.92. The molecule has 0 saturated heterocycles. The molecule has 0 heterocycles. The minimum absolute atomic E-state index is 0.00147. The number of halogens is 1. The Bertz CT molecular complexity index is 617. The van der Waals surface area contributed by atoms with Crippen LogP contribution >= 0.6 is 15.9 Å². The van der Waals surface area contributed by atoms with Crippen LogP contribution in [0.1, 0.15) is 40.7 Å². The lowest BCUT2D eigenvalue weighted by Gasteiger charge is -2.10. The summed E-state index contributed by atoms with van der Waals surface area (Å²) in [5.41, 5.74) is 2.27. The van der Waals surface area contributed by atoms with Crippen molar-refractivity contribution >= 4 is 27.5 Å². The molecule has 2 aromatic carbocycles. The first kappa shape index (κ1) is 15.6. The Balaban J connectivity index is 2.16. The SMILES string of the molecule is CC(C(=O)CCBr)c1ccc(C(=O)c2ccccc2)cc1. The van der Waals surface area contributed by atoms with Crippen LogP contribution in [0.25, 0.3) is 0 Å². The first-order valence-corrected chi connectivity index (χ1v) is 8.04. The summed E-state index contributed by atoms with van der Waals surface area (Å²) in [6.45, 7) is 1.90. The van der Waals surface area contributed by atoms with E-state index in [-0.39, 0.29) is 17.5 Å². The lowest BCUT2D eigenvalue weighted by Crippen LogP contribution is -2.10. The van der Waals surface area contributed by atoms with Crippen molar-refractivity contribution < 1.29 is 9.59 Å².